The molecule has 0 bridgehead atoms. The quantitative estimate of drug-likeness (QED) is 0.778. The number of hydrogen-bond donors (Lipinski definition) is 1. The molecule has 0 aliphatic carbocycles. The molecule has 2 amide bonds. The third-order valence-corrected chi connectivity index (χ3v) is 6.49. The first-order valence-corrected chi connectivity index (χ1v) is 10.9. The fourth-order valence-electron chi connectivity index (χ4n) is 3.09. The summed E-state index contributed by atoms with van der Waals surface area (Å²) in [4.78, 5) is 24.3. The predicted octanol–water partition coefficient (Wildman–Crippen LogP) is 4.77. The third-order valence-electron chi connectivity index (χ3n) is 4.42. The van der Waals surface area contributed by atoms with Crippen LogP contribution in [0.15, 0.2) is 47.6 Å². The normalized spacial score (nSPS) is 19.0. The average Bonchev–Trinajstić information content (AvgIpc) is 2.98. The fourth-order valence-corrected chi connectivity index (χ4v) is 4.68. The van der Waals surface area contributed by atoms with E-state index in [4.69, 9.17) is 11.6 Å². The third kappa shape index (κ3) is 3.72. The van der Waals surface area contributed by atoms with Gasteiger partial charge in [0.25, 0.3) is 0 Å². The number of rotatable bonds is 4. The summed E-state index contributed by atoms with van der Waals surface area (Å²) in [6, 6.07) is 13.3. The molecule has 2 aliphatic rings. The Kier molecular flexibility index (Phi) is 5.16. The van der Waals surface area contributed by atoms with Crippen LogP contribution < -0.4 is 5.32 Å². The zero-order valence-electron chi connectivity index (χ0n) is 14.4. The maximum Gasteiger partial charge on any atom is 0.302 e. The topological polar surface area (TPSA) is 61.8 Å². The molecule has 0 saturated heterocycles. The van der Waals surface area contributed by atoms with Gasteiger partial charge in [-0.05, 0) is 41.1 Å². The summed E-state index contributed by atoms with van der Waals surface area (Å²) >= 11 is 8.69. The van der Waals surface area contributed by atoms with E-state index >= 15 is 0 Å². The van der Waals surface area contributed by atoms with E-state index in [-0.39, 0.29) is 16.4 Å². The van der Waals surface area contributed by atoms with Crippen molar-refractivity contribution in [3.05, 3.63) is 64.2 Å². The highest BCUT2D eigenvalue weighted by molar-refractivity contribution is 8.14. The van der Waals surface area contributed by atoms with Crippen LogP contribution >= 0.6 is 35.1 Å². The number of halogens is 1. The van der Waals surface area contributed by atoms with Crippen LogP contribution in [-0.2, 0) is 11.3 Å². The first-order valence-electron chi connectivity index (χ1n) is 8.29. The molecule has 0 radical (unpaired) electrons. The standard InChI is InChI=1S/C19H16ClN3O2S2/c1-26-17-14-8-11(2-7-15(14)21-18(17)24)9-23-19(25)27-10-16(22-23)12-3-5-13(20)6-4-12/h2-8,17H,9-10H2,1H3,(H,21,24). The van der Waals surface area contributed by atoms with E-state index in [0.29, 0.717) is 17.3 Å². The van der Waals surface area contributed by atoms with Crippen molar-refractivity contribution in [2.75, 3.05) is 17.3 Å². The molecular formula is C19H16ClN3O2S2. The van der Waals surface area contributed by atoms with Crippen molar-refractivity contribution in [2.45, 2.75) is 11.8 Å². The molecule has 5 nitrogen and oxygen atoms in total. The molecular weight excluding hydrogens is 402 g/mol. The van der Waals surface area contributed by atoms with Crippen LogP contribution in [0, 0.1) is 0 Å². The van der Waals surface area contributed by atoms with Crippen LogP contribution in [0.3, 0.4) is 0 Å². The number of nitrogens with one attached hydrogen (secondary N) is 1. The van der Waals surface area contributed by atoms with Crippen LogP contribution in [0.25, 0.3) is 0 Å². The fraction of sp³-hybridized carbons (Fsp3) is 0.211. The molecule has 0 saturated carbocycles. The van der Waals surface area contributed by atoms with Crippen molar-refractivity contribution in [2.24, 2.45) is 5.10 Å². The molecule has 2 aliphatic heterocycles. The maximum atomic E-state index is 12.3. The Morgan fingerprint density at radius 2 is 2.04 bits per heavy atom. The molecule has 1 atom stereocenters. The Balaban J connectivity index is 1.59. The van der Waals surface area contributed by atoms with Gasteiger partial charge in [0.2, 0.25) is 5.91 Å². The molecule has 2 heterocycles. The zero-order chi connectivity index (χ0) is 19.0. The summed E-state index contributed by atoms with van der Waals surface area (Å²) < 4.78 is 0. The van der Waals surface area contributed by atoms with Crippen molar-refractivity contribution < 1.29 is 9.59 Å². The van der Waals surface area contributed by atoms with Gasteiger partial charge < -0.3 is 5.32 Å². The summed E-state index contributed by atoms with van der Waals surface area (Å²) in [5.41, 5.74) is 4.54. The lowest BCUT2D eigenvalue weighted by Gasteiger charge is -2.23. The van der Waals surface area contributed by atoms with Crippen molar-refractivity contribution in [1.29, 1.82) is 0 Å². The molecule has 1 unspecified atom stereocenters. The van der Waals surface area contributed by atoms with E-state index in [1.807, 2.05) is 48.7 Å². The summed E-state index contributed by atoms with van der Waals surface area (Å²) in [5.74, 6) is 0.538. The first-order chi connectivity index (χ1) is 13.0. The van der Waals surface area contributed by atoms with Crippen LogP contribution in [0.5, 0.6) is 0 Å². The largest absolute Gasteiger partial charge is 0.325 e. The molecule has 0 fully saturated rings. The molecule has 8 heteroatoms. The lowest BCUT2D eigenvalue weighted by molar-refractivity contribution is -0.115. The molecule has 4 rings (SSSR count). The second-order valence-corrected chi connectivity index (χ2v) is 8.50. The zero-order valence-corrected chi connectivity index (χ0v) is 16.8. The van der Waals surface area contributed by atoms with E-state index in [9.17, 15) is 9.59 Å². The van der Waals surface area contributed by atoms with Gasteiger partial charge in [0, 0.05) is 16.5 Å². The van der Waals surface area contributed by atoms with Gasteiger partial charge in [-0.2, -0.15) is 5.10 Å². The minimum Gasteiger partial charge on any atom is -0.325 e. The molecule has 138 valence electrons. The van der Waals surface area contributed by atoms with E-state index in [0.717, 1.165) is 28.1 Å². The number of nitrogens with zero attached hydrogens (tertiary/aromatic N) is 2. The van der Waals surface area contributed by atoms with Gasteiger partial charge in [-0.25, -0.2) is 5.01 Å². The average molecular weight is 418 g/mol. The van der Waals surface area contributed by atoms with Crippen molar-refractivity contribution in [3.8, 4) is 0 Å². The predicted molar refractivity (Wildman–Crippen MR) is 113 cm³/mol. The SMILES string of the molecule is CSC1C(=O)Nc2ccc(CN3N=C(c4ccc(Cl)cc4)CSC3=O)cc21. The Labute approximate surface area is 170 Å². The number of benzene rings is 2. The second-order valence-electron chi connectivity index (χ2n) is 6.19. The summed E-state index contributed by atoms with van der Waals surface area (Å²) in [6.07, 6.45) is 1.92. The molecule has 27 heavy (non-hydrogen) atoms. The van der Waals surface area contributed by atoms with Crippen LogP contribution in [0.4, 0.5) is 10.5 Å². The van der Waals surface area contributed by atoms with Gasteiger partial charge in [0.05, 0.1) is 12.3 Å². The maximum absolute atomic E-state index is 12.3. The number of fused-ring (bicyclic) bond motifs is 1. The highest BCUT2D eigenvalue weighted by Gasteiger charge is 2.30. The molecule has 2 aromatic rings. The number of hydrazone groups is 1. The highest BCUT2D eigenvalue weighted by Crippen LogP contribution is 2.39. The van der Waals surface area contributed by atoms with Gasteiger partial charge in [0.15, 0.2) is 0 Å². The van der Waals surface area contributed by atoms with Crippen LogP contribution in [-0.4, -0.2) is 33.9 Å². The van der Waals surface area contributed by atoms with E-state index in [1.165, 1.54) is 28.5 Å². The number of carbonyl (C=O) groups is 2. The van der Waals surface area contributed by atoms with Gasteiger partial charge in [-0.1, -0.05) is 47.6 Å². The first kappa shape index (κ1) is 18.4. The monoisotopic (exact) mass is 417 g/mol. The lowest BCUT2D eigenvalue weighted by Crippen LogP contribution is -2.29. The second kappa shape index (κ2) is 7.58. The van der Waals surface area contributed by atoms with Gasteiger partial charge in [-0.15, -0.1) is 11.8 Å². The van der Waals surface area contributed by atoms with E-state index in [1.54, 1.807) is 0 Å². The van der Waals surface area contributed by atoms with E-state index in [2.05, 4.69) is 10.4 Å². The number of carbonyl (C=O) groups excluding carboxylic acids is 2. The van der Waals surface area contributed by atoms with Gasteiger partial charge >= 0.3 is 5.24 Å². The van der Waals surface area contributed by atoms with Crippen LogP contribution in [0.2, 0.25) is 5.02 Å². The smallest absolute Gasteiger partial charge is 0.302 e. The van der Waals surface area contributed by atoms with Crippen LogP contribution in [0.1, 0.15) is 21.9 Å². The Morgan fingerprint density at radius 1 is 1.26 bits per heavy atom. The van der Waals surface area contributed by atoms with Crippen molar-refractivity contribution in [1.82, 2.24) is 5.01 Å². The Morgan fingerprint density at radius 3 is 2.78 bits per heavy atom. The summed E-state index contributed by atoms with van der Waals surface area (Å²) in [7, 11) is 0. The molecule has 0 spiro atoms. The molecule has 2 aromatic carbocycles. The summed E-state index contributed by atoms with van der Waals surface area (Å²) in [6.45, 7) is 0.367. The Bertz CT molecular complexity index is 946. The number of hydrogen-bond acceptors (Lipinski definition) is 5. The number of anilines is 1. The van der Waals surface area contributed by atoms with Crippen molar-refractivity contribution in [3.63, 3.8) is 0 Å². The highest BCUT2D eigenvalue weighted by atomic mass is 35.5. The van der Waals surface area contributed by atoms with Crippen molar-refractivity contribution >= 4 is 57.7 Å². The van der Waals surface area contributed by atoms with E-state index < -0.39 is 0 Å². The lowest BCUT2D eigenvalue weighted by atomic mass is 10.1. The van der Waals surface area contributed by atoms with Gasteiger partial charge in [0.1, 0.15) is 5.25 Å². The minimum atomic E-state index is -0.209. The minimum absolute atomic E-state index is 0.00213. The summed E-state index contributed by atoms with van der Waals surface area (Å²) in [5, 5.41) is 9.31. The Hall–Kier alpha value is -1.96. The number of amides is 2. The number of thioether (sulfide) groups is 2. The van der Waals surface area contributed by atoms with Gasteiger partial charge in [-0.3, -0.25) is 9.59 Å². The molecule has 1 N–H and O–H groups in total. The molecule has 0 aromatic heterocycles.